The van der Waals surface area contributed by atoms with Gasteiger partial charge in [0.1, 0.15) is 22.1 Å². The van der Waals surface area contributed by atoms with Crippen molar-refractivity contribution in [2.24, 2.45) is 0 Å². The molecular formula is C52H36N6S. The van der Waals surface area contributed by atoms with Gasteiger partial charge >= 0.3 is 0 Å². The number of allylic oxidation sites excluding steroid dienone is 3. The summed E-state index contributed by atoms with van der Waals surface area (Å²) in [7, 11) is 0. The van der Waals surface area contributed by atoms with Crippen molar-refractivity contribution < 1.29 is 0 Å². The largest absolute Gasteiger partial charge is 0.311 e. The predicted molar refractivity (Wildman–Crippen MR) is 246 cm³/mol. The third kappa shape index (κ3) is 6.20. The molecule has 59 heavy (non-hydrogen) atoms. The number of para-hydroxylation sites is 3. The molecule has 280 valence electrons. The summed E-state index contributed by atoms with van der Waals surface area (Å²) in [6.07, 6.45) is 8.86. The average molecular weight is 777 g/mol. The van der Waals surface area contributed by atoms with Gasteiger partial charge in [0.05, 0.1) is 22.8 Å². The minimum absolute atomic E-state index is 0.797. The number of benzene rings is 8. The van der Waals surface area contributed by atoms with Crippen LogP contribution in [0.2, 0.25) is 0 Å². The molecule has 0 saturated heterocycles. The zero-order valence-corrected chi connectivity index (χ0v) is 32.8. The maximum absolute atomic E-state index is 5.54. The molecule has 11 rings (SSSR count). The van der Waals surface area contributed by atoms with E-state index in [4.69, 9.17) is 18.7 Å². The molecule has 2 aromatic heterocycles. The third-order valence-electron chi connectivity index (χ3n) is 11.1. The number of hydrogen-bond donors (Lipinski definition) is 0. The molecule has 0 atom stereocenters. The highest BCUT2D eigenvalue weighted by atomic mass is 32.1. The Balaban J connectivity index is 1.11. The molecule has 0 N–H and O–H groups in total. The lowest BCUT2D eigenvalue weighted by atomic mass is 9.94. The lowest BCUT2D eigenvalue weighted by molar-refractivity contribution is 0.997. The summed E-state index contributed by atoms with van der Waals surface area (Å²) in [6.45, 7) is 0. The van der Waals surface area contributed by atoms with Gasteiger partial charge in [-0.2, -0.15) is 8.75 Å². The topological polar surface area (TPSA) is 58.0 Å². The van der Waals surface area contributed by atoms with E-state index in [2.05, 4.69) is 192 Å². The molecule has 2 heterocycles. The van der Waals surface area contributed by atoms with Crippen LogP contribution in [-0.4, -0.2) is 18.7 Å². The van der Waals surface area contributed by atoms with Gasteiger partial charge in [0.25, 0.3) is 0 Å². The molecular weight excluding hydrogens is 741 g/mol. The standard InChI is InChI=1S/C52H36N6S/c1-5-16-38(17-6-1)57(39-18-7-2-8-19-39)42-30-25-36(26-31-42)46-49-50(54-48-44-24-14-13-15-35(44)29-34-45(48)53-49)47(52-51(46)55-59-56-52)37-27-32-43(33-28-37)58(40-20-9-3-10-21-40)41-22-11-4-12-23-41/h1-3,5-11,13-34H,4,12H2. The molecule has 0 radical (unpaired) electrons. The van der Waals surface area contributed by atoms with Gasteiger partial charge in [-0.05, 0) is 102 Å². The second kappa shape index (κ2) is 14.8. The Kier molecular flexibility index (Phi) is 8.71. The highest BCUT2D eigenvalue weighted by Gasteiger charge is 2.24. The first-order chi connectivity index (χ1) is 29.3. The minimum atomic E-state index is 0.797. The maximum Gasteiger partial charge on any atom is 0.115 e. The quantitative estimate of drug-likeness (QED) is 0.113. The zero-order chi connectivity index (χ0) is 39.1. The van der Waals surface area contributed by atoms with Crippen molar-refractivity contribution in [2.75, 3.05) is 9.80 Å². The van der Waals surface area contributed by atoms with Crippen LogP contribution >= 0.6 is 11.7 Å². The summed E-state index contributed by atoms with van der Waals surface area (Å²) >= 11 is 1.23. The molecule has 0 bridgehead atoms. The molecule has 10 aromatic rings. The van der Waals surface area contributed by atoms with Crippen LogP contribution in [0.15, 0.2) is 200 Å². The predicted octanol–water partition coefficient (Wildman–Crippen LogP) is 14.1. The fraction of sp³-hybridized carbons (Fsp3) is 0.0385. The summed E-state index contributed by atoms with van der Waals surface area (Å²) < 4.78 is 9.99. The van der Waals surface area contributed by atoms with Gasteiger partial charge in [0.2, 0.25) is 0 Å². The van der Waals surface area contributed by atoms with Crippen LogP contribution < -0.4 is 9.80 Å². The summed E-state index contributed by atoms with van der Waals surface area (Å²) in [4.78, 5) is 15.6. The summed E-state index contributed by atoms with van der Waals surface area (Å²) in [6, 6.07) is 61.6. The van der Waals surface area contributed by atoms with E-state index >= 15 is 0 Å². The van der Waals surface area contributed by atoms with E-state index < -0.39 is 0 Å². The molecule has 0 saturated carbocycles. The van der Waals surface area contributed by atoms with E-state index in [1.807, 2.05) is 12.1 Å². The first-order valence-electron chi connectivity index (χ1n) is 19.9. The van der Waals surface area contributed by atoms with E-state index in [1.54, 1.807) is 0 Å². The van der Waals surface area contributed by atoms with Crippen molar-refractivity contribution in [2.45, 2.75) is 12.8 Å². The lowest BCUT2D eigenvalue weighted by Gasteiger charge is -2.27. The minimum Gasteiger partial charge on any atom is -0.311 e. The van der Waals surface area contributed by atoms with Crippen molar-refractivity contribution in [1.29, 1.82) is 0 Å². The summed E-state index contributed by atoms with van der Waals surface area (Å²) in [5.74, 6) is 0. The van der Waals surface area contributed by atoms with Crippen molar-refractivity contribution in [3.05, 3.63) is 200 Å². The van der Waals surface area contributed by atoms with Crippen LogP contribution in [0.4, 0.5) is 28.4 Å². The van der Waals surface area contributed by atoms with Crippen molar-refractivity contribution in [3.63, 3.8) is 0 Å². The van der Waals surface area contributed by atoms with Gasteiger partial charge in [-0.3, -0.25) is 0 Å². The number of rotatable bonds is 8. The van der Waals surface area contributed by atoms with Crippen LogP contribution in [0.3, 0.4) is 0 Å². The average Bonchev–Trinajstić information content (AvgIpc) is 3.79. The first kappa shape index (κ1) is 34.7. The maximum atomic E-state index is 5.54. The molecule has 0 unspecified atom stereocenters. The lowest BCUT2D eigenvalue weighted by Crippen LogP contribution is -2.16. The van der Waals surface area contributed by atoms with Crippen molar-refractivity contribution in [1.82, 2.24) is 18.7 Å². The van der Waals surface area contributed by atoms with Gasteiger partial charge in [-0.25, -0.2) is 9.97 Å². The molecule has 6 nitrogen and oxygen atoms in total. The Morgan fingerprint density at radius 3 is 1.49 bits per heavy atom. The second-order valence-electron chi connectivity index (χ2n) is 14.7. The van der Waals surface area contributed by atoms with Crippen LogP contribution in [0, 0.1) is 0 Å². The molecule has 0 amide bonds. The first-order valence-corrected chi connectivity index (χ1v) is 20.6. The molecule has 1 aliphatic carbocycles. The van der Waals surface area contributed by atoms with Crippen LogP contribution in [0.25, 0.3) is 66.1 Å². The van der Waals surface area contributed by atoms with Gasteiger partial charge in [-0.15, -0.1) is 0 Å². The Labute approximate surface area is 346 Å². The smallest absolute Gasteiger partial charge is 0.115 e. The summed E-state index contributed by atoms with van der Waals surface area (Å²) in [5.41, 5.74) is 15.4. The molecule has 0 fully saturated rings. The van der Waals surface area contributed by atoms with E-state index in [1.165, 1.54) is 17.4 Å². The Bertz CT molecular complexity index is 3160. The summed E-state index contributed by atoms with van der Waals surface area (Å²) in [5, 5.41) is 2.19. The highest BCUT2D eigenvalue weighted by Crippen LogP contribution is 2.44. The van der Waals surface area contributed by atoms with E-state index in [-0.39, 0.29) is 0 Å². The number of aromatic nitrogens is 4. The van der Waals surface area contributed by atoms with Crippen LogP contribution in [0.5, 0.6) is 0 Å². The Morgan fingerprint density at radius 2 is 0.915 bits per heavy atom. The van der Waals surface area contributed by atoms with Gasteiger partial charge in [-0.1, -0.05) is 121 Å². The van der Waals surface area contributed by atoms with E-state index in [0.717, 1.165) is 107 Å². The van der Waals surface area contributed by atoms with Gasteiger partial charge < -0.3 is 9.80 Å². The third-order valence-corrected chi connectivity index (χ3v) is 11.6. The Morgan fingerprint density at radius 1 is 0.407 bits per heavy atom. The number of fused-ring (bicyclic) bond motifs is 5. The Hall–Kier alpha value is -7.48. The van der Waals surface area contributed by atoms with Crippen molar-refractivity contribution in [3.8, 4) is 22.3 Å². The van der Waals surface area contributed by atoms with Crippen molar-refractivity contribution >= 4 is 84.0 Å². The molecule has 1 aliphatic rings. The van der Waals surface area contributed by atoms with Crippen LogP contribution in [0.1, 0.15) is 12.8 Å². The van der Waals surface area contributed by atoms with E-state index in [9.17, 15) is 0 Å². The zero-order valence-electron chi connectivity index (χ0n) is 32.0. The monoisotopic (exact) mass is 776 g/mol. The fourth-order valence-electron chi connectivity index (χ4n) is 8.37. The molecule has 0 aliphatic heterocycles. The van der Waals surface area contributed by atoms with Crippen LogP contribution in [-0.2, 0) is 0 Å². The number of hydrogen-bond acceptors (Lipinski definition) is 7. The fourth-order valence-corrected chi connectivity index (χ4v) is 8.93. The number of anilines is 5. The highest BCUT2D eigenvalue weighted by molar-refractivity contribution is 7.00. The molecule has 0 spiro atoms. The van der Waals surface area contributed by atoms with E-state index in [0.29, 0.717) is 0 Å². The van der Waals surface area contributed by atoms with Gasteiger partial charge in [0, 0.05) is 50.6 Å². The normalized spacial score (nSPS) is 12.6. The second-order valence-corrected chi connectivity index (χ2v) is 15.2. The molecule has 7 heteroatoms. The molecule has 8 aromatic carbocycles. The number of nitrogens with zero attached hydrogens (tertiary/aromatic N) is 6. The van der Waals surface area contributed by atoms with Gasteiger partial charge in [0.15, 0.2) is 0 Å². The SMILES string of the molecule is C1=CC(N(c2ccccc2)c2ccc(-c3c4nsnc4c(-c4ccc(N(c5ccccc5)c5ccccc5)cc4)c4nc5ccc6ccccc6c5nc34)cc2)=CCC1.